The van der Waals surface area contributed by atoms with Gasteiger partial charge in [0.15, 0.2) is 0 Å². The number of halogens is 2. The summed E-state index contributed by atoms with van der Waals surface area (Å²) in [6.07, 6.45) is 0.990. The molecule has 0 saturated carbocycles. The lowest BCUT2D eigenvalue weighted by Crippen LogP contribution is -2.25. The molecule has 0 bridgehead atoms. The molecule has 0 aliphatic heterocycles. The molecule has 2 rings (SSSR count). The van der Waals surface area contributed by atoms with Crippen LogP contribution in [0.3, 0.4) is 0 Å². The van der Waals surface area contributed by atoms with Crippen molar-refractivity contribution < 1.29 is 4.39 Å². The largest absolute Gasteiger partial charge is 0.306 e. The summed E-state index contributed by atoms with van der Waals surface area (Å²) in [6, 6.07) is 11.3. The Hall–Kier alpha value is -1.38. The van der Waals surface area contributed by atoms with Gasteiger partial charge < -0.3 is 5.32 Å². The molecule has 1 nitrogen and oxygen atoms in total. The van der Waals surface area contributed by atoms with Gasteiger partial charge in [-0.25, -0.2) is 4.39 Å². The van der Waals surface area contributed by atoms with Crippen molar-refractivity contribution in [2.75, 3.05) is 6.54 Å². The van der Waals surface area contributed by atoms with Crippen LogP contribution in [-0.2, 0) is 0 Å². The van der Waals surface area contributed by atoms with Crippen molar-refractivity contribution in [1.82, 2.24) is 5.32 Å². The summed E-state index contributed by atoms with van der Waals surface area (Å²) in [7, 11) is 0. The molecule has 21 heavy (non-hydrogen) atoms. The third-order valence-electron chi connectivity index (χ3n) is 3.63. The molecular weight excluding hydrogens is 285 g/mol. The van der Waals surface area contributed by atoms with Gasteiger partial charge in [-0.05, 0) is 44.0 Å². The van der Waals surface area contributed by atoms with Crippen molar-refractivity contribution >= 4 is 11.6 Å². The van der Waals surface area contributed by atoms with E-state index in [1.165, 1.54) is 5.56 Å². The second-order valence-corrected chi connectivity index (χ2v) is 5.80. The molecule has 0 aromatic heterocycles. The Bertz CT molecular complexity index is 625. The molecule has 0 saturated heterocycles. The first-order valence-corrected chi connectivity index (χ1v) is 7.66. The van der Waals surface area contributed by atoms with Crippen LogP contribution in [0.2, 0.25) is 5.02 Å². The Morgan fingerprint density at radius 3 is 2.57 bits per heavy atom. The van der Waals surface area contributed by atoms with Gasteiger partial charge >= 0.3 is 0 Å². The van der Waals surface area contributed by atoms with E-state index in [0.717, 1.165) is 24.1 Å². The second kappa shape index (κ2) is 7.06. The average Bonchev–Trinajstić information content (AvgIpc) is 2.45. The average molecular weight is 306 g/mol. The van der Waals surface area contributed by atoms with Gasteiger partial charge in [0, 0.05) is 5.56 Å². The molecule has 3 heteroatoms. The predicted molar refractivity (Wildman–Crippen MR) is 87.5 cm³/mol. The predicted octanol–water partition coefficient (Wildman–Crippen LogP) is 5.18. The Kier molecular flexibility index (Phi) is 5.38. The van der Waals surface area contributed by atoms with Crippen LogP contribution in [0.5, 0.6) is 0 Å². The number of nitrogens with one attached hydrogen (secondary N) is 1. The fourth-order valence-corrected chi connectivity index (χ4v) is 2.75. The summed E-state index contributed by atoms with van der Waals surface area (Å²) >= 11 is 5.94. The van der Waals surface area contributed by atoms with Gasteiger partial charge in [0.25, 0.3) is 0 Å². The van der Waals surface area contributed by atoms with Crippen molar-refractivity contribution in [2.24, 2.45) is 0 Å². The van der Waals surface area contributed by atoms with Crippen molar-refractivity contribution in [3.63, 3.8) is 0 Å². The summed E-state index contributed by atoms with van der Waals surface area (Å²) in [5.41, 5.74) is 4.05. The highest BCUT2D eigenvalue weighted by Gasteiger charge is 2.20. The van der Waals surface area contributed by atoms with Crippen LogP contribution in [0, 0.1) is 19.7 Å². The van der Waals surface area contributed by atoms with Gasteiger partial charge in [0.1, 0.15) is 5.82 Å². The van der Waals surface area contributed by atoms with E-state index in [-0.39, 0.29) is 16.9 Å². The Balaban J connectivity index is 2.49. The van der Waals surface area contributed by atoms with Crippen LogP contribution >= 0.6 is 11.6 Å². The van der Waals surface area contributed by atoms with E-state index >= 15 is 0 Å². The molecule has 0 spiro atoms. The molecule has 2 aromatic carbocycles. The number of hydrogen-bond donors (Lipinski definition) is 1. The minimum absolute atomic E-state index is 0.167. The van der Waals surface area contributed by atoms with Crippen LogP contribution < -0.4 is 5.32 Å². The minimum Gasteiger partial charge on any atom is -0.306 e. The molecule has 1 unspecified atom stereocenters. The second-order valence-electron chi connectivity index (χ2n) is 5.39. The summed E-state index contributed by atoms with van der Waals surface area (Å²) in [4.78, 5) is 0. The standard InChI is InChI=1S/C18H21ClFN/c1-4-10-21-18(14-9-8-12(2)11-13(14)3)15-6-5-7-16(19)17(15)20/h5-9,11,18,21H,4,10H2,1-3H3. The number of aryl methyl sites for hydroxylation is 2. The lowest BCUT2D eigenvalue weighted by atomic mass is 9.93. The lowest BCUT2D eigenvalue weighted by molar-refractivity contribution is 0.545. The minimum atomic E-state index is -0.340. The molecule has 112 valence electrons. The zero-order valence-electron chi connectivity index (χ0n) is 12.7. The van der Waals surface area contributed by atoms with Crippen molar-refractivity contribution in [2.45, 2.75) is 33.2 Å². The molecule has 0 fully saturated rings. The van der Waals surface area contributed by atoms with Gasteiger partial charge in [0.05, 0.1) is 11.1 Å². The summed E-state index contributed by atoms with van der Waals surface area (Å²) in [6.45, 7) is 7.04. The van der Waals surface area contributed by atoms with E-state index in [4.69, 9.17) is 11.6 Å². The van der Waals surface area contributed by atoms with Gasteiger partial charge in [-0.3, -0.25) is 0 Å². The zero-order chi connectivity index (χ0) is 15.4. The molecule has 0 aliphatic carbocycles. The fourth-order valence-electron chi connectivity index (χ4n) is 2.57. The van der Waals surface area contributed by atoms with Crippen LogP contribution in [0.25, 0.3) is 0 Å². The fraction of sp³-hybridized carbons (Fsp3) is 0.333. The Morgan fingerprint density at radius 2 is 1.90 bits per heavy atom. The lowest BCUT2D eigenvalue weighted by Gasteiger charge is -2.22. The first-order valence-electron chi connectivity index (χ1n) is 7.29. The van der Waals surface area contributed by atoms with Crippen molar-refractivity contribution in [3.8, 4) is 0 Å². The van der Waals surface area contributed by atoms with E-state index in [0.29, 0.717) is 5.56 Å². The maximum atomic E-state index is 14.4. The summed E-state index contributed by atoms with van der Waals surface area (Å²) < 4.78 is 14.4. The molecular formula is C18H21ClFN. The molecule has 1 N–H and O–H groups in total. The van der Waals surface area contributed by atoms with Gasteiger partial charge in [0.2, 0.25) is 0 Å². The number of benzene rings is 2. The third-order valence-corrected chi connectivity index (χ3v) is 3.92. The molecule has 0 aliphatic rings. The van der Waals surface area contributed by atoms with Gasteiger partial charge in [-0.2, -0.15) is 0 Å². The number of hydrogen-bond acceptors (Lipinski definition) is 1. The molecule has 1 atom stereocenters. The van der Waals surface area contributed by atoms with E-state index in [1.54, 1.807) is 18.2 Å². The van der Waals surface area contributed by atoms with Gasteiger partial charge in [-0.15, -0.1) is 0 Å². The van der Waals surface area contributed by atoms with Crippen molar-refractivity contribution in [3.05, 3.63) is 69.5 Å². The van der Waals surface area contributed by atoms with Gasteiger partial charge in [-0.1, -0.05) is 54.4 Å². The van der Waals surface area contributed by atoms with Crippen LogP contribution in [0.4, 0.5) is 4.39 Å². The first kappa shape index (κ1) is 16.0. The van der Waals surface area contributed by atoms with Crippen LogP contribution in [0.15, 0.2) is 36.4 Å². The highest BCUT2D eigenvalue weighted by molar-refractivity contribution is 6.30. The van der Waals surface area contributed by atoms with E-state index in [1.807, 2.05) is 0 Å². The van der Waals surface area contributed by atoms with Crippen LogP contribution in [0.1, 0.15) is 41.6 Å². The monoisotopic (exact) mass is 305 g/mol. The van der Waals surface area contributed by atoms with Crippen molar-refractivity contribution in [1.29, 1.82) is 0 Å². The van der Waals surface area contributed by atoms with E-state index < -0.39 is 0 Å². The smallest absolute Gasteiger partial charge is 0.146 e. The SMILES string of the molecule is CCCNC(c1ccc(C)cc1C)c1cccc(Cl)c1F. The Morgan fingerprint density at radius 1 is 1.14 bits per heavy atom. The highest BCUT2D eigenvalue weighted by Crippen LogP contribution is 2.30. The summed E-state index contributed by atoms with van der Waals surface area (Å²) in [5.74, 6) is -0.340. The molecule has 0 amide bonds. The summed E-state index contributed by atoms with van der Waals surface area (Å²) in [5, 5.41) is 3.60. The van der Waals surface area contributed by atoms with E-state index in [9.17, 15) is 4.39 Å². The number of rotatable bonds is 5. The first-order chi connectivity index (χ1) is 10.0. The van der Waals surface area contributed by atoms with Crippen LogP contribution in [-0.4, -0.2) is 6.54 Å². The third kappa shape index (κ3) is 3.63. The maximum absolute atomic E-state index is 14.4. The molecule has 2 aromatic rings. The molecule has 0 heterocycles. The maximum Gasteiger partial charge on any atom is 0.146 e. The van der Waals surface area contributed by atoms with E-state index in [2.05, 4.69) is 44.3 Å². The zero-order valence-corrected chi connectivity index (χ0v) is 13.5. The normalized spacial score (nSPS) is 12.4. The molecule has 0 radical (unpaired) electrons. The highest BCUT2D eigenvalue weighted by atomic mass is 35.5. The Labute approximate surface area is 131 Å². The quantitative estimate of drug-likeness (QED) is 0.802. The topological polar surface area (TPSA) is 12.0 Å².